The van der Waals surface area contributed by atoms with Gasteiger partial charge in [-0.15, -0.1) is 21.5 Å². The monoisotopic (exact) mass is 466 g/mol. The first kappa shape index (κ1) is 20.9. The summed E-state index contributed by atoms with van der Waals surface area (Å²) in [5.41, 5.74) is 0.666. The van der Waals surface area contributed by atoms with Crippen LogP contribution in [0.4, 0.5) is 24.9 Å². The lowest BCUT2D eigenvalue weighted by atomic mass is 10.2. The molecule has 170 valence electrons. The molecule has 2 aliphatic heterocycles. The lowest BCUT2D eigenvalue weighted by Crippen LogP contribution is -2.36. The second-order valence-corrected chi connectivity index (χ2v) is 8.99. The van der Waals surface area contributed by atoms with Gasteiger partial charge in [0.1, 0.15) is 10.6 Å². The minimum atomic E-state index is -4.53. The second-order valence-electron chi connectivity index (χ2n) is 7.88. The van der Waals surface area contributed by atoms with Gasteiger partial charge in [-0.25, -0.2) is 4.98 Å². The molecule has 3 aromatic heterocycles. The number of aromatic nitrogens is 5. The van der Waals surface area contributed by atoms with E-state index in [0.29, 0.717) is 43.5 Å². The highest BCUT2D eigenvalue weighted by molar-refractivity contribution is 7.18. The molecule has 0 spiro atoms. The number of alkyl halides is 3. The molecule has 9 nitrogen and oxygen atoms in total. The van der Waals surface area contributed by atoms with Crippen molar-refractivity contribution in [3.8, 4) is 0 Å². The van der Waals surface area contributed by atoms with Crippen LogP contribution >= 0.6 is 11.3 Å². The molecule has 0 bridgehead atoms. The molecule has 1 fully saturated rings. The summed E-state index contributed by atoms with van der Waals surface area (Å²) >= 11 is 1.61. The maximum atomic E-state index is 13.2. The second kappa shape index (κ2) is 7.87. The Morgan fingerprint density at radius 3 is 2.69 bits per heavy atom. The van der Waals surface area contributed by atoms with Gasteiger partial charge < -0.3 is 19.6 Å². The van der Waals surface area contributed by atoms with E-state index in [4.69, 9.17) is 15.2 Å². The number of fused-ring (bicyclic) bond motifs is 2. The molecular formula is C19H21F3N8OS. The third kappa shape index (κ3) is 3.63. The zero-order valence-corrected chi connectivity index (χ0v) is 18.1. The summed E-state index contributed by atoms with van der Waals surface area (Å²) in [6, 6.07) is 2.08. The fourth-order valence-corrected chi connectivity index (χ4v) is 5.26. The third-order valence-corrected chi connectivity index (χ3v) is 6.77. The number of hydrogen-bond donors (Lipinski definition) is 1. The summed E-state index contributed by atoms with van der Waals surface area (Å²) in [4.78, 5) is 15.5. The Hall–Kier alpha value is -2.96. The van der Waals surface area contributed by atoms with E-state index in [1.54, 1.807) is 11.3 Å². The molecule has 1 saturated heterocycles. The van der Waals surface area contributed by atoms with Gasteiger partial charge in [-0.1, -0.05) is 18.5 Å². The van der Waals surface area contributed by atoms with Crippen LogP contribution in [0.2, 0.25) is 0 Å². The lowest BCUT2D eigenvalue weighted by molar-refractivity contribution is -0.147. The minimum Gasteiger partial charge on any atom is -0.411 e. The van der Waals surface area contributed by atoms with E-state index in [2.05, 4.69) is 28.3 Å². The van der Waals surface area contributed by atoms with Crippen LogP contribution in [0.5, 0.6) is 0 Å². The molecule has 0 aromatic carbocycles. The summed E-state index contributed by atoms with van der Waals surface area (Å²) in [7, 11) is 0. The van der Waals surface area contributed by atoms with Gasteiger partial charge in [0, 0.05) is 30.9 Å². The molecule has 3 aromatic rings. The largest absolute Gasteiger partial charge is 0.451 e. The van der Waals surface area contributed by atoms with Crippen molar-refractivity contribution in [2.45, 2.75) is 45.5 Å². The van der Waals surface area contributed by atoms with Gasteiger partial charge in [-0.05, 0) is 12.5 Å². The smallest absolute Gasteiger partial charge is 0.411 e. The van der Waals surface area contributed by atoms with E-state index >= 15 is 0 Å². The fraction of sp³-hybridized carbons (Fsp3) is 0.526. The number of hydrogen-bond acceptors (Lipinski definition) is 9. The molecule has 0 aliphatic carbocycles. The normalized spacial score (nSPS) is 18.2. The molecule has 1 N–H and O–H groups in total. The number of aryl methyl sites for hydroxylation is 1. The van der Waals surface area contributed by atoms with Gasteiger partial charge in [0.25, 0.3) is 0 Å². The van der Waals surface area contributed by atoms with Crippen molar-refractivity contribution in [1.29, 1.82) is 0 Å². The van der Waals surface area contributed by atoms with Gasteiger partial charge >= 0.3 is 6.18 Å². The van der Waals surface area contributed by atoms with Crippen molar-refractivity contribution in [3.63, 3.8) is 0 Å². The van der Waals surface area contributed by atoms with E-state index in [1.807, 2.05) is 9.80 Å². The van der Waals surface area contributed by atoms with E-state index in [0.717, 1.165) is 27.6 Å². The van der Waals surface area contributed by atoms with Crippen molar-refractivity contribution in [2.24, 2.45) is 5.16 Å². The van der Waals surface area contributed by atoms with E-state index in [1.165, 1.54) is 4.88 Å². The summed E-state index contributed by atoms with van der Waals surface area (Å²) in [5, 5.41) is 20.5. The van der Waals surface area contributed by atoms with Crippen molar-refractivity contribution in [1.82, 2.24) is 24.7 Å². The molecule has 5 rings (SSSR count). The Labute approximate surface area is 185 Å². The van der Waals surface area contributed by atoms with Crippen LogP contribution in [0.3, 0.4) is 0 Å². The van der Waals surface area contributed by atoms with E-state index in [9.17, 15) is 13.2 Å². The van der Waals surface area contributed by atoms with Crippen LogP contribution in [-0.2, 0) is 25.7 Å². The standard InChI is InChI=1S/C19H21F3N8OS/c1-2-3-12-8-13-15(23-18(24-16(13)32-12)29-5-4-11(9-29)27-31)28-6-7-30-14(10-28)25-26-17(30)19(20,21)22/h8,31H,2-7,9-10H2,1H3/b27-11-. The van der Waals surface area contributed by atoms with Crippen LogP contribution < -0.4 is 9.80 Å². The zero-order valence-electron chi connectivity index (χ0n) is 17.3. The number of rotatable bonds is 4. The molecule has 2 aliphatic rings. The minimum absolute atomic E-state index is 0.120. The molecule has 0 atom stereocenters. The number of halogens is 3. The Morgan fingerprint density at radius 2 is 1.97 bits per heavy atom. The molecule has 0 unspecified atom stereocenters. The molecule has 0 amide bonds. The van der Waals surface area contributed by atoms with Crippen molar-refractivity contribution >= 4 is 39.0 Å². The summed E-state index contributed by atoms with van der Waals surface area (Å²) in [5.74, 6) is 0.506. The highest BCUT2D eigenvalue weighted by Gasteiger charge is 2.40. The lowest BCUT2D eigenvalue weighted by Gasteiger charge is -2.30. The predicted octanol–water partition coefficient (Wildman–Crippen LogP) is 3.31. The number of oxime groups is 1. The molecule has 5 heterocycles. The van der Waals surface area contributed by atoms with Gasteiger partial charge in [0.15, 0.2) is 5.82 Å². The summed E-state index contributed by atoms with van der Waals surface area (Å²) < 4.78 is 40.8. The summed E-state index contributed by atoms with van der Waals surface area (Å²) in [6.07, 6.45) is -1.99. The van der Waals surface area contributed by atoms with Gasteiger partial charge in [0.2, 0.25) is 11.8 Å². The Bertz CT molecular complexity index is 1190. The fourth-order valence-electron chi connectivity index (χ4n) is 4.14. The Kier molecular flexibility index (Phi) is 5.14. The van der Waals surface area contributed by atoms with E-state index in [-0.39, 0.29) is 18.9 Å². The summed E-state index contributed by atoms with van der Waals surface area (Å²) in [6.45, 7) is 3.84. The van der Waals surface area contributed by atoms with Crippen molar-refractivity contribution < 1.29 is 18.4 Å². The maximum absolute atomic E-state index is 13.2. The van der Waals surface area contributed by atoms with Crippen molar-refractivity contribution in [3.05, 3.63) is 22.6 Å². The average molecular weight is 466 g/mol. The van der Waals surface area contributed by atoms with Crippen LogP contribution in [0, 0.1) is 0 Å². The number of thiophene rings is 1. The van der Waals surface area contributed by atoms with Crippen LogP contribution in [0.1, 0.15) is 36.3 Å². The number of nitrogens with zero attached hydrogens (tertiary/aromatic N) is 8. The maximum Gasteiger partial charge on any atom is 0.451 e. The first-order chi connectivity index (χ1) is 15.4. The third-order valence-electron chi connectivity index (χ3n) is 5.68. The zero-order chi connectivity index (χ0) is 22.5. The highest BCUT2D eigenvalue weighted by Crippen LogP contribution is 2.36. The topological polar surface area (TPSA) is 95.6 Å². The van der Waals surface area contributed by atoms with Crippen molar-refractivity contribution in [2.75, 3.05) is 29.4 Å². The van der Waals surface area contributed by atoms with Crippen LogP contribution in [-0.4, -0.2) is 55.3 Å². The molecular weight excluding hydrogens is 445 g/mol. The quantitative estimate of drug-likeness (QED) is 0.466. The van der Waals surface area contributed by atoms with E-state index < -0.39 is 12.0 Å². The van der Waals surface area contributed by atoms with Crippen LogP contribution in [0.25, 0.3) is 10.2 Å². The average Bonchev–Trinajstić information content (AvgIpc) is 3.49. The first-order valence-corrected chi connectivity index (χ1v) is 11.2. The SMILES string of the molecule is CCCc1cc2c(N3CCn4c(nnc4C(F)(F)F)C3)nc(N3CC/C(=N/O)C3)nc2s1. The predicted molar refractivity (Wildman–Crippen MR) is 114 cm³/mol. The first-order valence-electron chi connectivity index (χ1n) is 10.4. The van der Waals surface area contributed by atoms with Gasteiger partial charge in [-0.2, -0.15) is 18.2 Å². The molecule has 32 heavy (non-hydrogen) atoms. The molecule has 13 heteroatoms. The number of anilines is 2. The van der Waals surface area contributed by atoms with Gasteiger partial charge in [-0.3, -0.25) is 0 Å². The Morgan fingerprint density at radius 1 is 1.12 bits per heavy atom. The Balaban J connectivity index is 1.54. The van der Waals surface area contributed by atoms with Gasteiger partial charge in [0.05, 0.1) is 24.2 Å². The van der Waals surface area contributed by atoms with Crippen LogP contribution in [0.15, 0.2) is 11.2 Å². The molecule has 0 saturated carbocycles. The molecule has 0 radical (unpaired) electrons. The highest BCUT2D eigenvalue weighted by atomic mass is 32.1.